The summed E-state index contributed by atoms with van der Waals surface area (Å²) in [4.78, 5) is 14.9. The third-order valence-electron chi connectivity index (χ3n) is 5.48. The van der Waals surface area contributed by atoms with Gasteiger partial charge in [-0.05, 0) is 52.6 Å². The minimum atomic E-state index is -0.0665. The van der Waals surface area contributed by atoms with Gasteiger partial charge in [-0.25, -0.2) is 0 Å². The second-order valence-electron chi connectivity index (χ2n) is 9.07. The molecule has 0 unspecified atom stereocenters. The van der Waals surface area contributed by atoms with Gasteiger partial charge in [-0.15, -0.1) is 0 Å². The van der Waals surface area contributed by atoms with Gasteiger partial charge < -0.3 is 10.2 Å². The Hall–Kier alpha value is -2.29. The molecular weight excluding hydrogens is 320 g/mol. The number of hydrogen-bond acceptors (Lipinski definition) is 2. The fourth-order valence-electron chi connectivity index (χ4n) is 3.52. The molecule has 2 aromatic carbocycles. The van der Waals surface area contributed by atoms with Crippen molar-refractivity contribution in [2.45, 2.75) is 51.9 Å². The molecular formula is C23H30N2O. The molecule has 0 bridgehead atoms. The van der Waals surface area contributed by atoms with Crippen molar-refractivity contribution >= 4 is 17.3 Å². The topological polar surface area (TPSA) is 32.3 Å². The molecule has 1 N–H and O–H groups in total. The molecule has 0 spiro atoms. The van der Waals surface area contributed by atoms with Crippen molar-refractivity contribution in [1.82, 2.24) is 0 Å². The van der Waals surface area contributed by atoms with E-state index in [0.717, 1.165) is 18.7 Å². The predicted octanol–water partition coefficient (Wildman–Crippen LogP) is 5.35. The Morgan fingerprint density at radius 3 is 2.35 bits per heavy atom. The average Bonchev–Trinajstić information content (AvgIpc) is 2.58. The Morgan fingerprint density at radius 1 is 1.08 bits per heavy atom. The maximum absolute atomic E-state index is 12.6. The summed E-state index contributed by atoms with van der Waals surface area (Å²) < 4.78 is 0. The number of carbonyl (C=O) groups excluding carboxylic acids is 1. The number of nitrogens with zero attached hydrogens (tertiary/aromatic N) is 1. The number of amides is 1. The molecule has 0 saturated heterocycles. The summed E-state index contributed by atoms with van der Waals surface area (Å²) in [5, 5.41) is 3.05. The van der Waals surface area contributed by atoms with Gasteiger partial charge in [-0.1, -0.05) is 52.8 Å². The van der Waals surface area contributed by atoms with Crippen LogP contribution in [0.4, 0.5) is 11.4 Å². The standard InChI is InChI=1S/C23H30N2O/c1-22(2,3)17-9-7-16(8-10-17)21(26)24-18-11-12-19-20(15-18)25(6)14-13-23(19,4)5/h7-12,15H,13-14H2,1-6H3,(H,24,26). The third kappa shape index (κ3) is 3.62. The molecule has 0 radical (unpaired) electrons. The highest BCUT2D eigenvalue weighted by molar-refractivity contribution is 6.04. The first-order valence-corrected chi connectivity index (χ1v) is 9.35. The van der Waals surface area contributed by atoms with E-state index in [0.29, 0.717) is 5.56 Å². The van der Waals surface area contributed by atoms with E-state index in [1.54, 1.807) is 0 Å². The van der Waals surface area contributed by atoms with Crippen molar-refractivity contribution in [3.05, 3.63) is 59.2 Å². The third-order valence-corrected chi connectivity index (χ3v) is 5.48. The molecule has 1 aliphatic heterocycles. The molecule has 26 heavy (non-hydrogen) atoms. The molecule has 3 heteroatoms. The Balaban J connectivity index is 1.81. The van der Waals surface area contributed by atoms with Crippen LogP contribution in [0.25, 0.3) is 0 Å². The summed E-state index contributed by atoms with van der Waals surface area (Å²) in [6, 6.07) is 14.2. The molecule has 1 aliphatic rings. The molecule has 1 amide bonds. The zero-order valence-corrected chi connectivity index (χ0v) is 16.8. The predicted molar refractivity (Wildman–Crippen MR) is 110 cm³/mol. The molecule has 0 aliphatic carbocycles. The maximum atomic E-state index is 12.6. The number of carbonyl (C=O) groups is 1. The monoisotopic (exact) mass is 350 g/mol. The van der Waals surface area contributed by atoms with Gasteiger partial charge in [-0.3, -0.25) is 4.79 Å². The number of nitrogens with one attached hydrogen (secondary N) is 1. The zero-order valence-electron chi connectivity index (χ0n) is 16.8. The number of benzene rings is 2. The van der Waals surface area contributed by atoms with Crippen LogP contribution in [0.3, 0.4) is 0 Å². The van der Waals surface area contributed by atoms with Crippen LogP contribution in [-0.2, 0) is 10.8 Å². The highest BCUT2D eigenvalue weighted by Crippen LogP contribution is 2.40. The first-order valence-electron chi connectivity index (χ1n) is 9.35. The van der Waals surface area contributed by atoms with E-state index in [1.807, 2.05) is 30.3 Å². The number of hydrogen-bond donors (Lipinski definition) is 1. The largest absolute Gasteiger partial charge is 0.374 e. The number of rotatable bonds is 2. The van der Waals surface area contributed by atoms with Crippen LogP contribution in [0.2, 0.25) is 0 Å². The van der Waals surface area contributed by atoms with Gasteiger partial charge in [0, 0.05) is 30.5 Å². The lowest BCUT2D eigenvalue weighted by molar-refractivity contribution is 0.102. The summed E-state index contributed by atoms with van der Waals surface area (Å²) in [6.07, 6.45) is 1.14. The summed E-state index contributed by atoms with van der Waals surface area (Å²) in [6.45, 7) is 12.1. The van der Waals surface area contributed by atoms with Gasteiger partial charge in [0.05, 0.1) is 0 Å². The Morgan fingerprint density at radius 2 is 1.73 bits per heavy atom. The van der Waals surface area contributed by atoms with Crippen molar-refractivity contribution in [3.8, 4) is 0 Å². The summed E-state index contributed by atoms with van der Waals surface area (Å²) in [5.74, 6) is -0.0665. The lowest BCUT2D eigenvalue weighted by Gasteiger charge is -2.38. The van der Waals surface area contributed by atoms with Crippen LogP contribution in [0.15, 0.2) is 42.5 Å². The van der Waals surface area contributed by atoms with Crippen molar-refractivity contribution < 1.29 is 4.79 Å². The van der Waals surface area contributed by atoms with E-state index in [9.17, 15) is 4.79 Å². The van der Waals surface area contributed by atoms with Crippen molar-refractivity contribution in [3.63, 3.8) is 0 Å². The second kappa shape index (κ2) is 6.46. The SMILES string of the molecule is CN1CCC(C)(C)c2ccc(NC(=O)c3ccc(C(C)(C)C)cc3)cc21. The smallest absolute Gasteiger partial charge is 0.255 e. The van der Waals surface area contributed by atoms with Crippen LogP contribution < -0.4 is 10.2 Å². The highest BCUT2D eigenvalue weighted by atomic mass is 16.1. The molecule has 3 nitrogen and oxygen atoms in total. The lowest BCUT2D eigenvalue weighted by Crippen LogP contribution is -2.34. The first-order chi connectivity index (χ1) is 12.1. The minimum absolute atomic E-state index is 0.0665. The molecule has 3 rings (SSSR count). The van der Waals surface area contributed by atoms with E-state index in [2.05, 4.69) is 64.0 Å². The van der Waals surface area contributed by atoms with E-state index in [4.69, 9.17) is 0 Å². The molecule has 2 aromatic rings. The number of anilines is 2. The first kappa shape index (κ1) is 18.5. The van der Waals surface area contributed by atoms with Gasteiger partial charge in [0.15, 0.2) is 0 Å². The van der Waals surface area contributed by atoms with Crippen LogP contribution in [0.1, 0.15) is 62.5 Å². The minimum Gasteiger partial charge on any atom is -0.374 e. The molecule has 0 atom stereocenters. The van der Waals surface area contributed by atoms with Crippen molar-refractivity contribution in [1.29, 1.82) is 0 Å². The summed E-state index contributed by atoms with van der Waals surface area (Å²) in [5.41, 5.74) is 5.58. The van der Waals surface area contributed by atoms with E-state index < -0.39 is 0 Å². The zero-order chi connectivity index (χ0) is 19.1. The van der Waals surface area contributed by atoms with Crippen molar-refractivity contribution in [2.24, 2.45) is 0 Å². The number of fused-ring (bicyclic) bond motifs is 1. The van der Waals surface area contributed by atoms with E-state index in [1.165, 1.54) is 16.8 Å². The van der Waals surface area contributed by atoms with Crippen LogP contribution >= 0.6 is 0 Å². The molecule has 0 saturated carbocycles. The van der Waals surface area contributed by atoms with Crippen LogP contribution in [0, 0.1) is 0 Å². The van der Waals surface area contributed by atoms with Crippen molar-refractivity contribution in [2.75, 3.05) is 23.8 Å². The quantitative estimate of drug-likeness (QED) is 0.791. The van der Waals surface area contributed by atoms with Gasteiger partial charge in [0.25, 0.3) is 5.91 Å². The Bertz CT molecular complexity index is 813. The van der Waals surface area contributed by atoms with E-state index in [-0.39, 0.29) is 16.7 Å². The van der Waals surface area contributed by atoms with Gasteiger partial charge >= 0.3 is 0 Å². The van der Waals surface area contributed by atoms with Gasteiger partial charge in [0.1, 0.15) is 0 Å². The normalized spacial score (nSPS) is 16.2. The Labute approximate surface area is 157 Å². The highest BCUT2D eigenvalue weighted by Gasteiger charge is 2.29. The molecule has 0 aromatic heterocycles. The lowest BCUT2D eigenvalue weighted by atomic mass is 9.78. The van der Waals surface area contributed by atoms with E-state index >= 15 is 0 Å². The summed E-state index contributed by atoms with van der Waals surface area (Å²) in [7, 11) is 2.12. The molecule has 138 valence electrons. The van der Waals surface area contributed by atoms with Gasteiger partial charge in [-0.2, -0.15) is 0 Å². The Kier molecular flexibility index (Phi) is 4.60. The van der Waals surface area contributed by atoms with Crippen LogP contribution in [-0.4, -0.2) is 19.5 Å². The molecule has 0 fully saturated rings. The summed E-state index contributed by atoms with van der Waals surface area (Å²) >= 11 is 0. The fraction of sp³-hybridized carbons (Fsp3) is 0.435. The maximum Gasteiger partial charge on any atom is 0.255 e. The van der Waals surface area contributed by atoms with Crippen LogP contribution in [0.5, 0.6) is 0 Å². The average molecular weight is 351 g/mol. The van der Waals surface area contributed by atoms with Gasteiger partial charge in [0.2, 0.25) is 0 Å². The molecule has 1 heterocycles. The fourth-order valence-corrected chi connectivity index (χ4v) is 3.52. The second-order valence-corrected chi connectivity index (χ2v) is 9.07.